The van der Waals surface area contributed by atoms with E-state index in [1.807, 2.05) is 39.4 Å². The van der Waals surface area contributed by atoms with E-state index < -0.39 is 0 Å². The number of hydrogen-bond donors (Lipinski definition) is 0. The molecule has 0 saturated carbocycles. The van der Waals surface area contributed by atoms with Gasteiger partial charge in [0.1, 0.15) is 0 Å². The van der Waals surface area contributed by atoms with Crippen molar-refractivity contribution in [3.05, 3.63) is 47.7 Å². The molecule has 0 aromatic carbocycles. The fourth-order valence-electron chi connectivity index (χ4n) is 3.14. The summed E-state index contributed by atoms with van der Waals surface area (Å²) in [6.45, 7) is 1.47. The summed E-state index contributed by atoms with van der Waals surface area (Å²) in [4.78, 5) is 15.8. The van der Waals surface area contributed by atoms with E-state index in [4.69, 9.17) is 4.52 Å². The quantitative estimate of drug-likeness (QED) is 0.730. The minimum atomic E-state index is -0.0570. The molecule has 4 heterocycles. The molecule has 124 valence electrons. The Morgan fingerprint density at radius 1 is 1.38 bits per heavy atom. The van der Waals surface area contributed by atoms with Crippen LogP contribution in [-0.2, 0) is 6.54 Å². The molecule has 6 nitrogen and oxygen atoms in total. The number of carbonyl (C=O) groups is 1. The number of rotatable bonds is 4. The van der Waals surface area contributed by atoms with Gasteiger partial charge < -0.3 is 9.42 Å². The van der Waals surface area contributed by atoms with Gasteiger partial charge in [-0.15, -0.1) is 11.3 Å². The number of hydrogen-bond acceptors (Lipinski definition) is 5. The summed E-state index contributed by atoms with van der Waals surface area (Å²) in [7, 11) is 0. The molecule has 1 unspecified atom stereocenters. The lowest BCUT2D eigenvalue weighted by Crippen LogP contribution is -2.46. The molecule has 3 aromatic heterocycles. The third-order valence-electron chi connectivity index (χ3n) is 4.34. The highest BCUT2D eigenvalue weighted by atomic mass is 32.1. The van der Waals surface area contributed by atoms with Gasteiger partial charge in [-0.05, 0) is 36.8 Å². The van der Waals surface area contributed by atoms with E-state index in [-0.39, 0.29) is 11.9 Å². The molecule has 1 saturated heterocycles. The van der Waals surface area contributed by atoms with Crippen LogP contribution in [0.5, 0.6) is 0 Å². The van der Waals surface area contributed by atoms with Crippen LogP contribution >= 0.6 is 11.3 Å². The van der Waals surface area contributed by atoms with Crippen LogP contribution in [-0.4, -0.2) is 38.3 Å². The molecule has 0 bridgehead atoms. The number of carbonyl (C=O) groups excluding carboxylic acids is 1. The van der Waals surface area contributed by atoms with E-state index in [0.717, 1.165) is 30.7 Å². The van der Waals surface area contributed by atoms with Crippen molar-refractivity contribution < 1.29 is 9.32 Å². The second kappa shape index (κ2) is 6.60. The molecule has 0 radical (unpaired) electrons. The van der Waals surface area contributed by atoms with Gasteiger partial charge in [-0.25, -0.2) is 0 Å². The van der Waals surface area contributed by atoms with Gasteiger partial charge in [0.15, 0.2) is 11.5 Å². The Labute approximate surface area is 143 Å². The zero-order valence-corrected chi connectivity index (χ0v) is 14.0. The molecule has 0 spiro atoms. The molecule has 3 aromatic rings. The summed E-state index contributed by atoms with van der Waals surface area (Å²) in [6, 6.07) is 7.71. The van der Waals surface area contributed by atoms with Crippen molar-refractivity contribution in [2.75, 3.05) is 6.54 Å². The van der Waals surface area contributed by atoms with Gasteiger partial charge in [-0.3, -0.25) is 9.48 Å². The van der Waals surface area contributed by atoms with Gasteiger partial charge in [0.2, 0.25) is 0 Å². The largest absolute Gasteiger partial charge is 0.355 e. The van der Waals surface area contributed by atoms with Crippen molar-refractivity contribution in [1.82, 2.24) is 19.8 Å². The molecule has 1 amide bonds. The van der Waals surface area contributed by atoms with Crippen molar-refractivity contribution in [1.29, 1.82) is 0 Å². The van der Waals surface area contributed by atoms with E-state index in [1.165, 1.54) is 0 Å². The lowest BCUT2D eigenvalue weighted by Gasteiger charge is -2.35. The normalized spacial score (nSPS) is 18.0. The summed E-state index contributed by atoms with van der Waals surface area (Å²) < 4.78 is 7.24. The Kier molecular flexibility index (Phi) is 4.17. The van der Waals surface area contributed by atoms with Gasteiger partial charge in [-0.2, -0.15) is 5.10 Å². The fraction of sp³-hybridized carbons (Fsp3) is 0.353. The van der Waals surface area contributed by atoms with Crippen LogP contribution in [0.3, 0.4) is 0 Å². The predicted octanol–water partition coefficient (Wildman–Crippen LogP) is 3.29. The maximum Gasteiger partial charge on any atom is 0.276 e. The van der Waals surface area contributed by atoms with E-state index in [9.17, 15) is 4.79 Å². The maximum atomic E-state index is 12.9. The number of amides is 1. The fourth-order valence-corrected chi connectivity index (χ4v) is 3.81. The second-order valence-corrected chi connectivity index (χ2v) is 6.88. The van der Waals surface area contributed by atoms with Crippen LogP contribution in [0.2, 0.25) is 0 Å². The molecule has 1 aliphatic rings. The average molecular weight is 342 g/mol. The van der Waals surface area contributed by atoms with Crippen LogP contribution in [0.1, 0.15) is 29.8 Å². The van der Waals surface area contributed by atoms with Gasteiger partial charge in [-0.1, -0.05) is 11.2 Å². The Morgan fingerprint density at radius 3 is 3.12 bits per heavy atom. The summed E-state index contributed by atoms with van der Waals surface area (Å²) >= 11 is 1.57. The first-order valence-electron chi connectivity index (χ1n) is 8.10. The molecule has 24 heavy (non-hydrogen) atoms. The predicted molar refractivity (Wildman–Crippen MR) is 90.7 cm³/mol. The Bertz CT molecular complexity index is 795. The number of piperidine rings is 1. The summed E-state index contributed by atoms with van der Waals surface area (Å²) in [5.41, 5.74) is 0.380. The molecule has 7 heteroatoms. The van der Waals surface area contributed by atoms with E-state index in [0.29, 0.717) is 18.0 Å². The SMILES string of the molecule is O=C(c1cc(-c2cccs2)on1)N1CCCCC1Cn1cccn1. The van der Waals surface area contributed by atoms with Crippen molar-refractivity contribution in [3.8, 4) is 10.6 Å². The van der Waals surface area contributed by atoms with E-state index >= 15 is 0 Å². The van der Waals surface area contributed by atoms with E-state index in [1.54, 1.807) is 23.6 Å². The highest BCUT2D eigenvalue weighted by Gasteiger charge is 2.29. The minimum Gasteiger partial charge on any atom is -0.355 e. The summed E-state index contributed by atoms with van der Waals surface area (Å²) in [5.74, 6) is 0.590. The average Bonchev–Trinajstić information content (AvgIpc) is 3.35. The molecule has 4 rings (SSSR count). The van der Waals surface area contributed by atoms with Crippen LogP contribution in [0.15, 0.2) is 46.6 Å². The van der Waals surface area contributed by atoms with Gasteiger partial charge >= 0.3 is 0 Å². The third kappa shape index (κ3) is 2.99. The Balaban J connectivity index is 1.53. The highest BCUT2D eigenvalue weighted by Crippen LogP contribution is 2.27. The highest BCUT2D eigenvalue weighted by molar-refractivity contribution is 7.13. The number of nitrogens with zero attached hydrogens (tertiary/aromatic N) is 4. The Morgan fingerprint density at radius 2 is 2.33 bits per heavy atom. The minimum absolute atomic E-state index is 0.0570. The second-order valence-electron chi connectivity index (χ2n) is 5.93. The van der Waals surface area contributed by atoms with Crippen molar-refractivity contribution in [2.45, 2.75) is 31.8 Å². The maximum absolute atomic E-state index is 12.9. The number of thiophene rings is 1. The van der Waals surface area contributed by atoms with Crippen molar-refractivity contribution in [3.63, 3.8) is 0 Å². The topological polar surface area (TPSA) is 64.2 Å². The molecular formula is C17H18N4O2S. The molecule has 1 fully saturated rings. The van der Waals surface area contributed by atoms with Crippen LogP contribution in [0.25, 0.3) is 10.6 Å². The first-order valence-corrected chi connectivity index (χ1v) is 8.98. The lowest BCUT2D eigenvalue weighted by molar-refractivity contribution is 0.0573. The summed E-state index contributed by atoms with van der Waals surface area (Å²) in [6.07, 6.45) is 6.84. The van der Waals surface area contributed by atoms with Crippen LogP contribution < -0.4 is 0 Å². The first kappa shape index (κ1) is 15.1. The molecule has 1 atom stereocenters. The van der Waals surface area contributed by atoms with E-state index in [2.05, 4.69) is 10.3 Å². The third-order valence-corrected chi connectivity index (χ3v) is 5.22. The Hall–Kier alpha value is -2.41. The summed E-state index contributed by atoms with van der Waals surface area (Å²) in [5, 5.41) is 10.2. The van der Waals surface area contributed by atoms with Crippen molar-refractivity contribution in [2.24, 2.45) is 0 Å². The zero-order chi connectivity index (χ0) is 16.4. The lowest BCUT2D eigenvalue weighted by atomic mass is 10.0. The standard InChI is InChI=1S/C17H18N4O2S/c22-17(14-11-15(23-19-14)16-6-3-10-24-16)21-9-2-1-5-13(21)12-20-8-4-7-18-20/h3-4,6-8,10-11,13H,1-2,5,9,12H2. The number of aromatic nitrogens is 3. The van der Waals surface area contributed by atoms with Gasteiger partial charge in [0.05, 0.1) is 17.5 Å². The molecule has 0 aliphatic carbocycles. The van der Waals surface area contributed by atoms with Gasteiger partial charge in [0.25, 0.3) is 5.91 Å². The molecular weight excluding hydrogens is 324 g/mol. The monoisotopic (exact) mass is 342 g/mol. The zero-order valence-electron chi connectivity index (χ0n) is 13.2. The smallest absolute Gasteiger partial charge is 0.276 e. The molecule has 0 N–H and O–H groups in total. The van der Waals surface area contributed by atoms with Crippen LogP contribution in [0.4, 0.5) is 0 Å². The van der Waals surface area contributed by atoms with Crippen LogP contribution in [0, 0.1) is 0 Å². The van der Waals surface area contributed by atoms with Crippen molar-refractivity contribution >= 4 is 17.2 Å². The van der Waals surface area contributed by atoms with Gasteiger partial charge in [0, 0.05) is 25.0 Å². The molecule has 1 aliphatic heterocycles. The number of likely N-dealkylation sites (tertiary alicyclic amines) is 1. The first-order chi connectivity index (χ1) is 11.8.